The Morgan fingerprint density at radius 1 is 0.926 bits per heavy atom. The Bertz CT molecular complexity index is 937. The van der Waals surface area contributed by atoms with Crippen LogP contribution in [0.4, 0.5) is 0 Å². The van der Waals surface area contributed by atoms with Gasteiger partial charge in [0.1, 0.15) is 0 Å². The molecule has 0 radical (unpaired) electrons. The average Bonchev–Trinajstić information content (AvgIpc) is 2.68. The fourth-order valence-electron chi connectivity index (χ4n) is 4.39. The van der Waals surface area contributed by atoms with Crippen LogP contribution in [-0.4, -0.2) is 27.6 Å². The van der Waals surface area contributed by atoms with E-state index in [4.69, 9.17) is 0 Å². The van der Waals surface area contributed by atoms with E-state index in [1.807, 2.05) is 37.3 Å². The van der Waals surface area contributed by atoms with Gasteiger partial charge in [0.15, 0.2) is 4.58 Å². The highest BCUT2D eigenvalue weighted by molar-refractivity contribution is 8.06. The lowest BCUT2D eigenvalue weighted by molar-refractivity contribution is 0.174. The fraction of sp³-hybridized carbons (Fsp3) is 0.429. The molecule has 0 bridgehead atoms. The largest absolute Gasteiger partial charge is 0.253 e. The first-order valence-corrected chi connectivity index (χ1v) is 12.3. The van der Waals surface area contributed by atoms with Gasteiger partial charge in [-0.05, 0) is 43.0 Å². The zero-order valence-corrected chi connectivity index (χ0v) is 17.1. The maximum Gasteiger partial charge on any atom is 0.232 e. The summed E-state index contributed by atoms with van der Waals surface area (Å²) in [6, 6.07) is 16.5. The summed E-state index contributed by atoms with van der Waals surface area (Å²) in [7, 11) is -5.20. The second-order valence-electron chi connectivity index (χ2n) is 7.45. The molecule has 2 aromatic carbocycles. The highest BCUT2D eigenvalue weighted by Crippen LogP contribution is 2.49. The Kier molecular flexibility index (Phi) is 5.23. The van der Waals surface area contributed by atoms with Gasteiger partial charge in [-0.1, -0.05) is 61.7 Å². The van der Waals surface area contributed by atoms with Crippen LogP contribution < -0.4 is 0 Å². The summed E-state index contributed by atoms with van der Waals surface area (Å²) < 4.78 is 40.6. The first-order chi connectivity index (χ1) is 13.0. The fourth-order valence-corrected chi connectivity index (χ4v) is 9.01. The van der Waals surface area contributed by atoms with Crippen molar-refractivity contribution in [2.45, 2.75) is 60.6 Å². The number of benzene rings is 2. The summed E-state index contributed by atoms with van der Waals surface area (Å²) in [6.07, 6.45) is 5.07. The molecule has 0 N–H and O–H groups in total. The summed E-state index contributed by atoms with van der Waals surface area (Å²) in [6.45, 7) is 2.00. The Hall–Kier alpha value is -1.50. The van der Waals surface area contributed by atoms with Crippen LogP contribution in [0.25, 0.3) is 0 Å². The van der Waals surface area contributed by atoms with E-state index < -0.39 is 25.4 Å². The molecule has 1 saturated heterocycles. The van der Waals surface area contributed by atoms with Gasteiger partial charge in [-0.2, -0.15) is 4.31 Å². The second kappa shape index (κ2) is 7.49. The zero-order chi connectivity index (χ0) is 19.0. The van der Waals surface area contributed by atoms with Crippen molar-refractivity contribution in [1.29, 1.82) is 0 Å². The monoisotopic (exact) mass is 403 g/mol. The van der Waals surface area contributed by atoms with Gasteiger partial charge in [-0.25, -0.2) is 8.42 Å². The molecule has 0 spiro atoms. The quantitative estimate of drug-likeness (QED) is 0.771. The smallest absolute Gasteiger partial charge is 0.232 e. The molecule has 1 saturated carbocycles. The highest BCUT2D eigenvalue weighted by Gasteiger charge is 2.60. The molecule has 0 unspecified atom stereocenters. The van der Waals surface area contributed by atoms with E-state index in [-0.39, 0.29) is 12.1 Å². The van der Waals surface area contributed by atoms with Gasteiger partial charge in [0.25, 0.3) is 0 Å². The van der Waals surface area contributed by atoms with E-state index in [0.717, 1.165) is 36.8 Å². The third kappa shape index (κ3) is 3.28. The lowest BCUT2D eigenvalue weighted by Crippen LogP contribution is -2.63. The molecule has 3 atom stereocenters. The van der Waals surface area contributed by atoms with Crippen molar-refractivity contribution in [2.24, 2.45) is 0 Å². The molecule has 2 aliphatic rings. The third-order valence-electron chi connectivity index (χ3n) is 5.75. The molecule has 144 valence electrons. The van der Waals surface area contributed by atoms with E-state index in [1.165, 1.54) is 6.42 Å². The number of nitrogens with zero attached hydrogens (tertiary/aromatic N) is 1. The maximum absolute atomic E-state index is 13.3. The van der Waals surface area contributed by atoms with Crippen LogP contribution in [0.15, 0.2) is 59.5 Å². The average molecular weight is 404 g/mol. The van der Waals surface area contributed by atoms with Crippen molar-refractivity contribution >= 4 is 20.8 Å². The van der Waals surface area contributed by atoms with Crippen molar-refractivity contribution in [3.05, 3.63) is 65.7 Å². The van der Waals surface area contributed by atoms with Gasteiger partial charge < -0.3 is 0 Å². The van der Waals surface area contributed by atoms with Crippen molar-refractivity contribution < 1.29 is 12.6 Å². The third-order valence-corrected chi connectivity index (χ3v) is 10.4. The molecule has 4 rings (SSSR count). The molecule has 1 aliphatic carbocycles. The molecule has 27 heavy (non-hydrogen) atoms. The van der Waals surface area contributed by atoms with Crippen LogP contribution in [0.3, 0.4) is 0 Å². The van der Waals surface area contributed by atoms with E-state index >= 15 is 0 Å². The minimum atomic E-state index is -3.59. The lowest BCUT2D eigenvalue weighted by atomic mass is 9.93. The van der Waals surface area contributed by atoms with Gasteiger partial charge in [-0.15, -0.1) is 0 Å². The normalized spacial score (nSPS) is 27.0. The Labute approximate surface area is 164 Å². The molecule has 6 heteroatoms. The van der Waals surface area contributed by atoms with Gasteiger partial charge >= 0.3 is 0 Å². The van der Waals surface area contributed by atoms with Crippen LogP contribution in [0.2, 0.25) is 0 Å². The van der Waals surface area contributed by atoms with Crippen LogP contribution in [0, 0.1) is 6.92 Å². The Morgan fingerprint density at radius 3 is 2.22 bits per heavy atom. The molecule has 2 fully saturated rings. The van der Waals surface area contributed by atoms with Gasteiger partial charge in [0.05, 0.1) is 16.8 Å². The number of rotatable bonds is 4. The van der Waals surface area contributed by atoms with E-state index in [2.05, 4.69) is 0 Å². The number of hydrogen-bond acceptors (Lipinski definition) is 3. The Morgan fingerprint density at radius 2 is 1.56 bits per heavy atom. The summed E-state index contributed by atoms with van der Waals surface area (Å²) in [5.74, 6) is 0. The summed E-state index contributed by atoms with van der Waals surface area (Å²) >= 11 is 0. The van der Waals surface area contributed by atoms with Crippen molar-refractivity contribution in [2.75, 3.05) is 0 Å². The van der Waals surface area contributed by atoms with Crippen LogP contribution in [0.5, 0.6) is 0 Å². The SMILES string of the molecule is Cc1ccccc1[C@@H]1[C@@H]([S@](=O)c2ccccc2)S(=O)(=O)N1C1CCCCC1. The summed E-state index contributed by atoms with van der Waals surface area (Å²) in [5, 5.41) is 0. The van der Waals surface area contributed by atoms with E-state index in [1.54, 1.807) is 28.6 Å². The molecule has 0 aromatic heterocycles. The first-order valence-electron chi connectivity index (χ1n) is 9.55. The number of hydrogen-bond donors (Lipinski definition) is 0. The predicted octanol–water partition coefficient (Wildman–Crippen LogP) is 4.15. The molecule has 4 nitrogen and oxygen atoms in total. The van der Waals surface area contributed by atoms with E-state index in [9.17, 15) is 12.6 Å². The van der Waals surface area contributed by atoms with Gasteiger partial charge in [0, 0.05) is 10.9 Å². The number of aryl methyl sites for hydroxylation is 1. The Balaban J connectivity index is 1.77. The predicted molar refractivity (Wildman–Crippen MR) is 108 cm³/mol. The van der Waals surface area contributed by atoms with Crippen molar-refractivity contribution in [3.63, 3.8) is 0 Å². The van der Waals surface area contributed by atoms with Gasteiger partial charge in [0.2, 0.25) is 10.0 Å². The lowest BCUT2D eigenvalue weighted by Gasteiger charge is -2.51. The van der Waals surface area contributed by atoms with Gasteiger partial charge in [-0.3, -0.25) is 4.21 Å². The first kappa shape index (κ1) is 18.8. The van der Waals surface area contributed by atoms with Crippen LogP contribution in [0.1, 0.15) is 49.3 Å². The van der Waals surface area contributed by atoms with Crippen molar-refractivity contribution in [1.82, 2.24) is 4.31 Å². The number of sulfonamides is 1. The van der Waals surface area contributed by atoms with Crippen molar-refractivity contribution in [3.8, 4) is 0 Å². The topological polar surface area (TPSA) is 54.5 Å². The van der Waals surface area contributed by atoms with Crippen LogP contribution in [-0.2, 0) is 20.8 Å². The highest BCUT2D eigenvalue weighted by atomic mass is 32.3. The zero-order valence-electron chi connectivity index (χ0n) is 15.5. The molecule has 1 aliphatic heterocycles. The molecular weight excluding hydrogens is 378 g/mol. The summed E-state index contributed by atoms with van der Waals surface area (Å²) in [4.78, 5) is 0.577. The maximum atomic E-state index is 13.3. The summed E-state index contributed by atoms with van der Waals surface area (Å²) in [5.41, 5.74) is 2.03. The molecular formula is C21H25NO3S2. The second-order valence-corrected chi connectivity index (χ2v) is 11.3. The minimum Gasteiger partial charge on any atom is -0.253 e. The molecule has 2 aromatic rings. The van der Waals surface area contributed by atoms with E-state index in [0.29, 0.717) is 4.90 Å². The minimum absolute atomic E-state index is 0.0254. The molecule has 1 heterocycles. The standard InChI is InChI=1S/C21H25NO3S2/c1-16-10-8-9-15-19(16)20-21(26(23)18-13-6-3-7-14-18)27(24,25)22(20)17-11-4-2-5-12-17/h3,6-10,13-15,17,20-21H,2,4-5,11-12H2,1H3/t20-,21+,26-/m1/s1. The van der Waals surface area contributed by atoms with Crippen LogP contribution >= 0.6 is 0 Å². The molecule has 0 amide bonds.